The number of allylic oxidation sites excluding steroid dienone is 1. The Kier molecular flexibility index (Phi) is 4.45. The van der Waals surface area contributed by atoms with Crippen LogP contribution in [0.4, 0.5) is 0 Å². The van der Waals surface area contributed by atoms with Crippen LogP contribution in [-0.4, -0.2) is 34.8 Å². The molecule has 0 bridgehead atoms. The molecule has 3 unspecified atom stereocenters. The van der Waals surface area contributed by atoms with Crippen molar-refractivity contribution in [2.24, 2.45) is 11.8 Å². The molecule has 0 aromatic heterocycles. The SMILES string of the molecule is CCC(C)C1C(=O)NC(C)(C2CC2)C(=O)N1CC=C(C)C. The van der Waals surface area contributed by atoms with Crippen LogP contribution in [0.25, 0.3) is 0 Å². The first-order valence-electron chi connectivity index (χ1n) is 8.07. The normalized spacial score (nSPS) is 30.9. The Hall–Kier alpha value is -1.32. The summed E-state index contributed by atoms with van der Waals surface area (Å²) in [6.07, 6.45) is 5.00. The Morgan fingerprint density at radius 2 is 2.05 bits per heavy atom. The standard InChI is InChI=1S/C17H28N2O2/c1-6-12(4)14-15(20)18-17(5,13-7-8-13)16(21)19(14)10-9-11(2)3/h9,12-14H,6-8,10H2,1-5H3,(H,18,20). The van der Waals surface area contributed by atoms with Crippen LogP contribution in [0, 0.1) is 11.8 Å². The van der Waals surface area contributed by atoms with Crippen molar-refractivity contribution in [3.63, 3.8) is 0 Å². The van der Waals surface area contributed by atoms with Crippen molar-refractivity contribution in [3.8, 4) is 0 Å². The molecule has 1 aliphatic carbocycles. The van der Waals surface area contributed by atoms with Gasteiger partial charge in [0, 0.05) is 6.54 Å². The van der Waals surface area contributed by atoms with Crippen LogP contribution in [0.15, 0.2) is 11.6 Å². The molecule has 118 valence electrons. The first kappa shape index (κ1) is 16.1. The van der Waals surface area contributed by atoms with Gasteiger partial charge in [-0.2, -0.15) is 0 Å². The predicted molar refractivity (Wildman–Crippen MR) is 83.7 cm³/mol. The molecule has 1 aliphatic heterocycles. The van der Waals surface area contributed by atoms with Crippen molar-refractivity contribution in [3.05, 3.63) is 11.6 Å². The van der Waals surface area contributed by atoms with Gasteiger partial charge in [-0.1, -0.05) is 31.9 Å². The highest BCUT2D eigenvalue weighted by molar-refractivity contribution is 6.00. The monoisotopic (exact) mass is 292 g/mol. The van der Waals surface area contributed by atoms with Crippen molar-refractivity contribution >= 4 is 11.8 Å². The molecule has 21 heavy (non-hydrogen) atoms. The van der Waals surface area contributed by atoms with E-state index in [1.165, 1.54) is 5.57 Å². The van der Waals surface area contributed by atoms with Gasteiger partial charge in [0.05, 0.1) is 0 Å². The van der Waals surface area contributed by atoms with Gasteiger partial charge in [0.15, 0.2) is 0 Å². The Balaban J connectivity index is 2.31. The van der Waals surface area contributed by atoms with Crippen molar-refractivity contribution in [1.82, 2.24) is 10.2 Å². The summed E-state index contributed by atoms with van der Waals surface area (Å²) in [6.45, 7) is 10.6. The van der Waals surface area contributed by atoms with E-state index in [0.29, 0.717) is 12.5 Å². The Bertz CT molecular complexity index is 463. The molecule has 3 atom stereocenters. The van der Waals surface area contributed by atoms with E-state index >= 15 is 0 Å². The topological polar surface area (TPSA) is 49.4 Å². The minimum absolute atomic E-state index is 0.0144. The summed E-state index contributed by atoms with van der Waals surface area (Å²) in [6, 6.07) is -0.343. The zero-order valence-corrected chi connectivity index (χ0v) is 13.9. The number of hydrogen-bond acceptors (Lipinski definition) is 2. The molecule has 1 N–H and O–H groups in total. The number of amides is 2. The van der Waals surface area contributed by atoms with Crippen molar-refractivity contribution in [2.45, 2.75) is 65.5 Å². The van der Waals surface area contributed by atoms with Gasteiger partial charge < -0.3 is 10.2 Å². The van der Waals surface area contributed by atoms with Crippen LogP contribution in [0.5, 0.6) is 0 Å². The minimum Gasteiger partial charge on any atom is -0.340 e. The highest BCUT2D eigenvalue weighted by atomic mass is 16.2. The zero-order chi connectivity index (χ0) is 15.8. The number of carbonyl (C=O) groups excluding carboxylic acids is 2. The second-order valence-electron chi connectivity index (χ2n) is 7.04. The van der Waals surface area contributed by atoms with E-state index in [0.717, 1.165) is 19.3 Å². The summed E-state index contributed by atoms with van der Waals surface area (Å²) < 4.78 is 0. The second-order valence-corrected chi connectivity index (χ2v) is 7.04. The number of nitrogens with zero attached hydrogens (tertiary/aromatic N) is 1. The maximum Gasteiger partial charge on any atom is 0.249 e. The summed E-state index contributed by atoms with van der Waals surface area (Å²) in [4.78, 5) is 27.4. The molecule has 1 saturated carbocycles. The molecule has 0 aromatic rings. The lowest BCUT2D eigenvalue weighted by atomic mass is 9.85. The smallest absolute Gasteiger partial charge is 0.249 e. The largest absolute Gasteiger partial charge is 0.340 e. The molecule has 2 aliphatic rings. The fraction of sp³-hybridized carbons (Fsp3) is 0.765. The fourth-order valence-electron chi connectivity index (χ4n) is 3.15. The van der Waals surface area contributed by atoms with E-state index < -0.39 is 5.54 Å². The van der Waals surface area contributed by atoms with E-state index in [1.54, 1.807) is 4.90 Å². The van der Waals surface area contributed by atoms with E-state index in [-0.39, 0.29) is 23.8 Å². The van der Waals surface area contributed by atoms with Gasteiger partial charge in [-0.05, 0) is 45.4 Å². The van der Waals surface area contributed by atoms with Crippen molar-refractivity contribution < 1.29 is 9.59 Å². The van der Waals surface area contributed by atoms with Crippen LogP contribution in [0.3, 0.4) is 0 Å². The van der Waals surface area contributed by atoms with Gasteiger partial charge in [-0.3, -0.25) is 9.59 Å². The Morgan fingerprint density at radius 3 is 2.52 bits per heavy atom. The third-order valence-electron chi connectivity index (χ3n) is 4.97. The van der Waals surface area contributed by atoms with Gasteiger partial charge in [0.25, 0.3) is 0 Å². The average molecular weight is 292 g/mol. The molecule has 2 amide bonds. The third kappa shape index (κ3) is 2.99. The number of nitrogens with one attached hydrogen (secondary N) is 1. The number of rotatable bonds is 5. The molecule has 0 spiro atoms. The summed E-state index contributed by atoms with van der Waals surface area (Å²) in [7, 11) is 0. The quantitative estimate of drug-likeness (QED) is 0.792. The second kappa shape index (κ2) is 5.82. The maximum atomic E-state index is 13.0. The lowest BCUT2D eigenvalue weighted by Crippen LogP contribution is -2.71. The van der Waals surface area contributed by atoms with Crippen molar-refractivity contribution in [1.29, 1.82) is 0 Å². The predicted octanol–water partition coefficient (Wildman–Crippen LogP) is 2.49. The highest BCUT2D eigenvalue weighted by Gasteiger charge is 2.55. The Morgan fingerprint density at radius 1 is 1.43 bits per heavy atom. The molecule has 1 heterocycles. The first-order chi connectivity index (χ1) is 9.81. The third-order valence-corrected chi connectivity index (χ3v) is 4.97. The first-order valence-corrected chi connectivity index (χ1v) is 8.07. The molecule has 0 radical (unpaired) electrons. The zero-order valence-electron chi connectivity index (χ0n) is 13.9. The molecule has 0 aromatic carbocycles. The number of carbonyl (C=O) groups is 2. The summed E-state index contributed by atoms with van der Waals surface area (Å²) in [5, 5.41) is 3.04. The van der Waals surface area contributed by atoms with E-state index in [9.17, 15) is 9.59 Å². The highest BCUT2D eigenvalue weighted by Crippen LogP contribution is 2.42. The summed E-state index contributed by atoms with van der Waals surface area (Å²) >= 11 is 0. The van der Waals surface area contributed by atoms with Gasteiger partial charge in [-0.25, -0.2) is 0 Å². The molecule has 1 saturated heterocycles. The number of hydrogen-bond donors (Lipinski definition) is 1. The molecule has 4 heteroatoms. The minimum atomic E-state index is -0.698. The van der Waals surface area contributed by atoms with Gasteiger partial charge in [0.1, 0.15) is 11.6 Å². The maximum absolute atomic E-state index is 13.0. The van der Waals surface area contributed by atoms with Crippen LogP contribution in [-0.2, 0) is 9.59 Å². The molecule has 4 nitrogen and oxygen atoms in total. The average Bonchev–Trinajstić information content (AvgIpc) is 3.24. The molecular weight excluding hydrogens is 264 g/mol. The summed E-state index contributed by atoms with van der Waals surface area (Å²) in [5.41, 5.74) is 0.473. The molecule has 2 rings (SSSR count). The van der Waals surface area contributed by atoms with Crippen LogP contribution in [0.2, 0.25) is 0 Å². The van der Waals surface area contributed by atoms with Crippen LogP contribution in [0.1, 0.15) is 53.9 Å². The van der Waals surface area contributed by atoms with E-state index in [4.69, 9.17) is 0 Å². The lowest BCUT2D eigenvalue weighted by Gasteiger charge is -2.46. The number of piperazine rings is 1. The summed E-state index contributed by atoms with van der Waals surface area (Å²) in [5.74, 6) is 0.581. The van der Waals surface area contributed by atoms with Crippen LogP contribution < -0.4 is 5.32 Å². The lowest BCUT2D eigenvalue weighted by molar-refractivity contribution is -0.156. The van der Waals surface area contributed by atoms with Crippen molar-refractivity contribution in [2.75, 3.05) is 6.54 Å². The van der Waals surface area contributed by atoms with Gasteiger partial charge in [0.2, 0.25) is 11.8 Å². The fourth-order valence-corrected chi connectivity index (χ4v) is 3.15. The van der Waals surface area contributed by atoms with Gasteiger partial charge >= 0.3 is 0 Å². The van der Waals surface area contributed by atoms with E-state index in [2.05, 4.69) is 12.2 Å². The Labute approximate surface area is 128 Å². The molecular formula is C17H28N2O2. The van der Waals surface area contributed by atoms with Gasteiger partial charge in [-0.15, -0.1) is 0 Å². The van der Waals surface area contributed by atoms with Crippen LogP contribution >= 0.6 is 0 Å². The molecule has 2 fully saturated rings. The van der Waals surface area contributed by atoms with E-state index in [1.807, 2.05) is 33.8 Å².